The largest absolute Gasteiger partial charge is 0.388 e. The zero-order valence-electron chi connectivity index (χ0n) is 17.0. The van der Waals surface area contributed by atoms with Crippen molar-refractivity contribution >= 4 is 5.91 Å². The van der Waals surface area contributed by atoms with E-state index < -0.39 is 16.7 Å². The molecule has 2 aromatic rings. The lowest BCUT2D eigenvalue weighted by molar-refractivity contribution is -0.132. The van der Waals surface area contributed by atoms with Crippen LogP contribution in [0.2, 0.25) is 0 Å². The van der Waals surface area contributed by atoms with Gasteiger partial charge in [-0.25, -0.2) is 4.68 Å². The minimum Gasteiger partial charge on any atom is -0.388 e. The van der Waals surface area contributed by atoms with Crippen molar-refractivity contribution in [3.8, 4) is 0 Å². The topological polar surface area (TPSA) is 98.6 Å². The van der Waals surface area contributed by atoms with Gasteiger partial charge in [-0.1, -0.05) is 24.3 Å². The van der Waals surface area contributed by atoms with E-state index in [2.05, 4.69) is 34.3 Å². The van der Waals surface area contributed by atoms with Gasteiger partial charge in [0.15, 0.2) is 0 Å². The summed E-state index contributed by atoms with van der Waals surface area (Å²) in [4.78, 5) is 39.9. The van der Waals surface area contributed by atoms with Crippen LogP contribution in [0, 0.1) is 0 Å². The first-order chi connectivity index (χ1) is 14.4. The van der Waals surface area contributed by atoms with Crippen LogP contribution in [0.25, 0.3) is 0 Å². The van der Waals surface area contributed by atoms with Gasteiger partial charge < -0.3 is 10.0 Å². The first-order valence-corrected chi connectivity index (χ1v) is 10.5. The Hall–Kier alpha value is -2.71. The molecule has 1 fully saturated rings. The summed E-state index contributed by atoms with van der Waals surface area (Å²) in [7, 11) is 0. The fraction of sp³-hybridized carbons (Fsp3) is 0.500. The third-order valence-corrected chi connectivity index (χ3v) is 6.18. The summed E-state index contributed by atoms with van der Waals surface area (Å²) in [5, 5.41) is 13.6. The number of carbonyl (C=O) groups excluding carboxylic acids is 1. The smallest absolute Gasteiger partial charge is 0.265 e. The molecule has 0 unspecified atom stereocenters. The normalized spacial score (nSPS) is 22.4. The van der Waals surface area contributed by atoms with Gasteiger partial charge in [0.2, 0.25) is 5.91 Å². The molecule has 0 saturated carbocycles. The molecule has 3 heterocycles. The highest BCUT2D eigenvalue weighted by Gasteiger charge is 2.34. The molecule has 1 aromatic carbocycles. The molecule has 0 bridgehead atoms. The summed E-state index contributed by atoms with van der Waals surface area (Å²) in [5.74, 6) is -0.227. The molecular formula is C22H28N4O4. The Bertz CT molecular complexity index is 1030. The number of likely N-dealkylation sites (tertiary alicyclic amines) is 1. The van der Waals surface area contributed by atoms with E-state index in [4.69, 9.17) is 0 Å². The van der Waals surface area contributed by atoms with Crippen LogP contribution in [0.4, 0.5) is 0 Å². The molecule has 2 aliphatic heterocycles. The fourth-order valence-electron chi connectivity index (χ4n) is 4.51. The average Bonchev–Trinajstić information content (AvgIpc) is 2.92. The number of amides is 1. The van der Waals surface area contributed by atoms with Gasteiger partial charge >= 0.3 is 0 Å². The molecule has 30 heavy (non-hydrogen) atoms. The van der Waals surface area contributed by atoms with Crippen LogP contribution in [0.3, 0.4) is 0 Å². The Morgan fingerprint density at radius 1 is 1.03 bits per heavy atom. The summed E-state index contributed by atoms with van der Waals surface area (Å²) < 4.78 is 1.03. The number of hydrogen-bond acceptors (Lipinski definition) is 5. The first-order valence-electron chi connectivity index (χ1n) is 10.5. The van der Waals surface area contributed by atoms with Gasteiger partial charge in [0, 0.05) is 44.9 Å². The molecule has 1 atom stereocenters. The van der Waals surface area contributed by atoms with Crippen molar-refractivity contribution in [2.24, 2.45) is 0 Å². The van der Waals surface area contributed by atoms with Crippen molar-refractivity contribution in [3.05, 3.63) is 68.2 Å². The van der Waals surface area contributed by atoms with Gasteiger partial charge in [-0.15, -0.1) is 0 Å². The van der Waals surface area contributed by atoms with Crippen molar-refractivity contribution in [3.63, 3.8) is 0 Å². The Morgan fingerprint density at radius 3 is 2.67 bits per heavy atom. The molecule has 1 saturated heterocycles. The molecule has 8 heteroatoms. The Morgan fingerprint density at radius 2 is 1.83 bits per heavy atom. The zero-order chi connectivity index (χ0) is 21.1. The molecule has 160 valence electrons. The second-order valence-corrected chi connectivity index (χ2v) is 8.42. The number of aromatic nitrogens is 2. The molecule has 0 spiro atoms. The zero-order valence-corrected chi connectivity index (χ0v) is 17.0. The van der Waals surface area contributed by atoms with Gasteiger partial charge in [-0.3, -0.25) is 24.4 Å². The van der Waals surface area contributed by atoms with E-state index >= 15 is 0 Å². The van der Waals surface area contributed by atoms with Crippen molar-refractivity contribution in [1.82, 2.24) is 19.6 Å². The maximum absolute atomic E-state index is 12.7. The van der Waals surface area contributed by atoms with Crippen molar-refractivity contribution in [1.29, 1.82) is 0 Å². The molecule has 1 amide bonds. The first kappa shape index (κ1) is 20.6. The average molecular weight is 412 g/mol. The number of fused-ring (bicyclic) bond motifs is 1. The number of nitrogens with one attached hydrogen (secondary N) is 1. The molecule has 2 N–H and O–H groups in total. The summed E-state index contributed by atoms with van der Waals surface area (Å²) in [6.45, 7) is 3.13. The van der Waals surface area contributed by atoms with Gasteiger partial charge in [0.25, 0.3) is 11.1 Å². The predicted molar refractivity (Wildman–Crippen MR) is 112 cm³/mol. The number of H-pyrrole nitrogens is 1. The van der Waals surface area contributed by atoms with Crippen LogP contribution in [0.15, 0.2) is 46.0 Å². The molecular weight excluding hydrogens is 384 g/mol. The van der Waals surface area contributed by atoms with E-state index in [1.165, 1.54) is 11.1 Å². The molecule has 8 nitrogen and oxygen atoms in total. The summed E-state index contributed by atoms with van der Waals surface area (Å²) >= 11 is 0. The fourth-order valence-corrected chi connectivity index (χ4v) is 4.51. The number of aromatic amines is 1. The molecule has 2 aliphatic rings. The van der Waals surface area contributed by atoms with Crippen LogP contribution in [0.5, 0.6) is 0 Å². The monoisotopic (exact) mass is 412 g/mol. The Balaban J connectivity index is 1.36. The lowest BCUT2D eigenvalue weighted by Crippen LogP contribution is -2.46. The number of rotatable bonds is 4. The van der Waals surface area contributed by atoms with E-state index in [9.17, 15) is 19.5 Å². The second kappa shape index (κ2) is 8.57. The van der Waals surface area contributed by atoms with Gasteiger partial charge in [-0.05, 0) is 36.8 Å². The van der Waals surface area contributed by atoms with E-state index in [1.54, 1.807) is 4.90 Å². The maximum atomic E-state index is 12.7. The highest BCUT2D eigenvalue weighted by Crippen LogP contribution is 2.27. The third-order valence-electron chi connectivity index (χ3n) is 6.18. The number of carbonyl (C=O) groups is 1. The Labute approximate surface area is 174 Å². The van der Waals surface area contributed by atoms with Crippen LogP contribution < -0.4 is 11.1 Å². The maximum Gasteiger partial charge on any atom is 0.265 e. The van der Waals surface area contributed by atoms with Crippen LogP contribution >= 0.6 is 0 Å². The van der Waals surface area contributed by atoms with Crippen LogP contribution in [-0.2, 0) is 24.3 Å². The molecule has 1 aromatic heterocycles. The van der Waals surface area contributed by atoms with Gasteiger partial charge in [-0.2, -0.15) is 0 Å². The van der Waals surface area contributed by atoms with Crippen LogP contribution in [-0.4, -0.2) is 62.4 Å². The quantitative estimate of drug-likeness (QED) is 0.755. The van der Waals surface area contributed by atoms with E-state index in [0.29, 0.717) is 38.9 Å². The van der Waals surface area contributed by atoms with E-state index in [-0.39, 0.29) is 12.5 Å². The van der Waals surface area contributed by atoms with Gasteiger partial charge in [0.1, 0.15) is 6.54 Å². The Kier molecular flexibility index (Phi) is 5.87. The van der Waals surface area contributed by atoms with Crippen molar-refractivity contribution in [2.75, 3.05) is 26.2 Å². The second-order valence-electron chi connectivity index (χ2n) is 8.42. The summed E-state index contributed by atoms with van der Waals surface area (Å²) in [6.07, 6.45) is 2.82. The molecule has 0 radical (unpaired) electrons. The van der Waals surface area contributed by atoms with E-state index in [1.807, 2.05) is 0 Å². The molecule has 0 aliphatic carbocycles. The number of benzene rings is 1. The predicted octanol–water partition coefficient (Wildman–Crippen LogP) is 0.339. The molecule has 4 rings (SSSR count). The van der Waals surface area contributed by atoms with Crippen LogP contribution in [0.1, 0.15) is 30.4 Å². The van der Waals surface area contributed by atoms with Crippen molar-refractivity contribution in [2.45, 2.75) is 44.4 Å². The summed E-state index contributed by atoms with van der Waals surface area (Å²) in [5.41, 5.74) is 1.03. The van der Waals surface area contributed by atoms with Crippen molar-refractivity contribution < 1.29 is 9.90 Å². The standard InChI is InChI=1S/C22H28N4O4/c27-19-6-7-20(28)26(23-19)15-21(29)25-11-3-9-22(30,10-13-25)16-24-12-8-17-4-1-2-5-18(17)14-24/h1-2,4-7,30H,3,8-16H2,(H,23,27)/t22-/m1/s1. The minimum absolute atomic E-state index is 0.198. The SMILES string of the molecule is O=C(Cn1[nH]c(=O)ccc1=O)N1CCC[C@](O)(CN2CCc3ccccc3C2)CC1. The number of hydrogen-bond donors (Lipinski definition) is 2. The highest BCUT2D eigenvalue weighted by atomic mass is 16.3. The van der Waals surface area contributed by atoms with E-state index in [0.717, 1.165) is 36.3 Å². The van der Waals surface area contributed by atoms with Gasteiger partial charge in [0.05, 0.1) is 5.60 Å². The lowest BCUT2D eigenvalue weighted by Gasteiger charge is -2.36. The minimum atomic E-state index is -0.834. The third kappa shape index (κ3) is 4.71. The number of nitrogens with zero attached hydrogens (tertiary/aromatic N) is 3. The number of aliphatic hydroxyl groups is 1. The highest BCUT2D eigenvalue weighted by molar-refractivity contribution is 5.75. The number of β-amino-alcohol motifs (C(OH)–C–C–N with tert-alkyl or cyclic N) is 1. The summed E-state index contributed by atoms with van der Waals surface area (Å²) in [6, 6.07) is 10.7. The lowest BCUT2D eigenvalue weighted by atomic mass is 9.92.